The van der Waals surface area contributed by atoms with Crippen LogP contribution in [0.25, 0.3) is 0 Å². The molecule has 0 aromatic carbocycles. The Morgan fingerprint density at radius 3 is 0.807 bits per heavy atom. The molecule has 0 aromatic heterocycles. The van der Waals surface area contributed by atoms with Crippen LogP contribution in [0.2, 0.25) is 0 Å². The molecule has 27 aliphatic carbocycles. The number of fused-ring (bicyclic) bond motifs is 40. The zero-order chi connectivity index (χ0) is 55.7. The van der Waals surface area contributed by atoms with Crippen LogP contribution in [0.4, 0.5) is 0 Å². The van der Waals surface area contributed by atoms with Gasteiger partial charge in [0.15, 0.2) is 0 Å². The van der Waals surface area contributed by atoms with Crippen LogP contribution in [-0.2, 0) is 0 Å². The molecule has 27 fully saturated rings. The molecule has 0 N–H and O–H groups in total. The fourth-order valence-corrected chi connectivity index (χ4v) is 44.6. The molecule has 0 nitrogen and oxygen atoms in total. The summed E-state index contributed by atoms with van der Waals surface area (Å²) in [7, 11) is 0. The molecular formula is C88H124. The van der Waals surface area contributed by atoms with Crippen LogP contribution in [-0.4, -0.2) is 0 Å². The van der Waals surface area contributed by atoms with Crippen molar-refractivity contribution in [1.29, 1.82) is 0 Å². The van der Waals surface area contributed by atoms with E-state index in [4.69, 9.17) is 0 Å². The first-order valence-electron chi connectivity index (χ1n) is 43.9. The third-order valence-electron chi connectivity index (χ3n) is 44.6. The average molecular weight is 1180 g/mol. The van der Waals surface area contributed by atoms with Crippen molar-refractivity contribution in [3.05, 3.63) is 0 Å². The zero-order valence-electron chi connectivity index (χ0n) is 55.7. The predicted octanol–water partition coefficient (Wildman–Crippen LogP) is 21.0. The fraction of sp³-hybridized carbons (Fsp3) is 1.00. The summed E-state index contributed by atoms with van der Waals surface area (Å²) in [5.41, 5.74) is 3.42. The van der Waals surface area contributed by atoms with Crippen molar-refractivity contribution in [3.63, 3.8) is 0 Å². The lowest BCUT2D eigenvalue weighted by molar-refractivity contribution is -0.711. The van der Waals surface area contributed by atoms with Crippen LogP contribution in [0.15, 0.2) is 0 Å². The van der Waals surface area contributed by atoms with E-state index >= 15 is 0 Å². The lowest BCUT2D eigenvalue weighted by atomic mass is 8.86. The van der Waals surface area contributed by atoms with E-state index in [0.29, 0.717) is 0 Å². The highest BCUT2D eigenvalue weighted by Crippen LogP contribution is 3.18. The molecule has 27 rings (SSSR count). The van der Waals surface area contributed by atoms with Gasteiger partial charge in [-0.15, -0.1) is 0 Å². The topological polar surface area (TPSA) is 0 Å². The largest absolute Gasteiger partial charge is 0.0533 e. The Morgan fingerprint density at radius 1 is 0.159 bits per heavy atom. The van der Waals surface area contributed by atoms with E-state index in [2.05, 4.69) is 0 Å². The van der Waals surface area contributed by atoms with Crippen molar-refractivity contribution in [2.24, 2.45) is 282 Å². The first-order chi connectivity index (χ1) is 43.9. The summed E-state index contributed by atoms with van der Waals surface area (Å²) in [5, 5.41) is 0. The normalized spacial score (nSPS) is 73.6. The van der Waals surface area contributed by atoms with Crippen molar-refractivity contribution < 1.29 is 0 Å². The third kappa shape index (κ3) is 4.69. The van der Waals surface area contributed by atoms with Gasteiger partial charge in [0.25, 0.3) is 0 Å². The molecule has 0 radical (unpaired) electrons. The van der Waals surface area contributed by atoms with Gasteiger partial charge < -0.3 is 0 Å². The van der Waals surface area contributed by atoms with Gasteiger partial charge in [-0.2, -0.15) is 0 Å². The van der Waals surface area contributed by atoms with Gasteiger partial charge >= 0.3 is 0 Å². The van der Waals surface area contributed by atoms with Gasteiger partial charge in [0.1, 0.15) is 0 Å². The summed E-state index contributed by atoms with van der Waals surface area (Å²) in [5.74, 6) is 55.8. The van der Waals surface area contributed by atoms with E-state index in [1.165, 1.54) is 243 Å². The SMILES string of the molecule is C1CCCCCCCCC2C3CCCCC4CCCC35C23CCCCCCCCCCCCCCCC(CCCCCCC1)C1CC2C1C1C2C2C1C1C2C2C1C1C2C2C1C1C2C2C1C1C2C2C1C1C2C2C1C1C2C2C1C31C2C2C3C6C7CC4C7C6C3C251. The Labute approximate surface area is 535 Å². The van der Waals surface area contributed by atoms with Crippen LogP contribution in [0, 0.1) is 282 Å². The molecule has 476 valence electrons. The molecule has 4 bridgehead atoms. The summed E-state index contributed by atoms with van der Waals surface area (Å²) in [6, 6.07) is 0. The highest BCUT2D eigenvalue weighted by molar-refractivity contribution is 5.61. The molecule has 4 spiro atoms. The molecule has 27 aliphatic rings. The van der Waals surface area contributed by atoms with Gasteiger partial charge in [-0.25, -0.2) is 0 Å². The van der Waals surface area contributed by atoms with Crippen molar-refractivity contribution >= 4 is 0 Å². The summed E-state index contributed by atoms with van der Waals surface area (Å²) in [6.45, 7) is 0. The fourth-order valence-electron chi connectivity index (χ4n) is 44.6. The van der Waals surface area contributed by atoms with E-state index in [9.17, 15) is 0 Å². The van der Waals surface area contributed by atoms with Crippen LogP contribution in [0.5, 0.6) is 0 Å². The molecule has 0 aliphatic heterocycles. The van der Waals surface area contributed by atoms with Gasteiger partial charge in [0, 0.05) is 0 Å². The molecular weight excluding hydrogens is 1060 g/mol. The second-order valence-electron chi connectivity index (χ2n) is 43.0. The lowest BCUT2D eigenvalue weighted by Gasteiger charge is -3.17. The first-order valence-corrected chi connectivity index (χ1v) is 43.9. The van der Waals surface area contributed by atoms with Gasteiger partial charge in [0.05, 0.1) is 0 Å². The van der Waals surface area contributed by atoms with Crippen molar-refractivity contribution in [2.75, 3.05) is 0 Å². The second kappa shape index (κ2) is 16.7. The molecule has 0 saturated heterocycles. The molecule has 27 saturated carbocycles. The highest BCUT2D eigenvalue weighted by Gasteiger charge is 3.15. The van der Waals surface area contributed by atoms with Crippen molar-refractivity contribution in [1.82, 2.24) is 0 Å². The molecule has 48 atom stereocenters. The summed E-state index contributed by atoms with van der Waals surface area (Å²) in [4.78, 5) is 0. The summed E-state index contributed by atoms with van der Waals surface area (Å²) in [6.07, 6.45) is 64.5. The summed E-state index contributed by atoms with van der Waals surface area (Å²) < 4.78 is 0. The molecule has 0 heteroatoms. The zero-order valence-corrected chi connectivity index (χ0v) is 55.7. The summed E-state index contributed by atoms with van der Waals surface area (Å²) >= 11 is 0. The predicted molar refractivity (Wildman–Crippen MR) is 348 cm³/mol. The van der Waals surface area contributed by atoms with Gasteiger partial charge in [-0.05, 0) is 321 Å². The Hall–Kier alpha value is 0. The van der Waals surface area contributed by atoms with Crippen LogP contribution < -0.4 is 0 Å². The van der Waals surface area contributed by atoms with Crippen LogP contribution in [0.1, 0.15) is 257 Å². The van der Waals surface area contributed by atoms with Gasteiger partial charge in [-0.3, -0.25) is 0 Å². The molecule has 0 aromatic rings. The maximum absolute atomic E-state index is 1.78. The standard InChI is InChI=1S/C88H124/c1-2-6-10-14-18-22-26-35-47-48-36-28-27-33-42-34-30-38-86(48)85(47)37-29-23-19-15-11-7-3-5-9-13-17-21-25-32-41(31-24-20-16-12-8-4-1)43-39-45-49(43)53-51(45)54-55(53)57-56(54)58-59(57)61-60(58)62-63(61)65-64(62)66-67(65)69-68(66)70-71(69)73-72(70)74-75(73)78-76(74)80-82(78)88(85)84(80)83-79-52-46-40-44(42)50(46)77(52)81(79)87(83,86)88/h41-84H,1-40H2. The number of hydrogen-bond acceptors (Lipinski definition) is 0. The highest BCUT2D eigenvalue weighted by atomic mass is 15.2. The average Bonchev–Trinajstić information content (AvgIpc) is 0.537. The van der Waals surface area contributed by atoms with Crippen LogP contribution >= 0.6 is 0 Å². The second-order valence-corrected chi connectivity index (χ2v) is 43.0. The maximum atomic E-state index is 1.78. The third-order valence-corrected chi connectivity index (χ3v) is 44.6. The van der Waals surface area contributed by atoms with Gasteiger partial charge in [-0.1, -0.05) is 218 Å². The quantitative estimate of drug-likeness (QED) is 0.227. The minimum absolute atomic E-state index is 0.808. The van der Waals surface area contributed by atoms with E-state index in [1.54, 1.807) is 257 Å². The minimum Gasteiger partial charge on any atom is -0.0533 e. The Bertz CT molecular complexity index is 2960. The Morgan fingerprint density at radius 2 is 0.398 bits per heavy atom. The molecule has 88 heavy (non-hydrogen) atoms. The lowest BCUT2D eigenvalue weighted by Crippen LogP contribution is -3.14. The van der Waals surface area contributed by atoms with Crippen LogP contribution in [0.3, 0.4) is 0 Å². The molecule has 0 amide bonds. The number of rotatable bonds is 0. The minimum atomic E-state index is 0.808. The van der Waals surface area contributed by atoms with Crippen molar-refractivity contribution in [3.8, 4) is 0 Å². The Kier molecular flexibility index (Phi) is 9.76. The van der Waals surface area contributed by atoms with Gasteiger partial charge in [0.2, 0.25) is 0 Å². The Balaban J connectivity index is 0.525. The first kappa shape index (κ1) is 51.3. The smallest absolute Gasteiger partial charge is 0.00967 e. The maximum Gasteiger partial charge on any atom is -0.00967 e. The van der Waals surface area contributed by atoms with E-state index < -0.39 is 0 Å². The molecule has 48 unspecified atom stereocenters. The number of hydrogen-bond donors (Lipinski definition) is 0. The van der Waals surface area contributed by atoms with E-state index in [0.717, 1.165) is 39.4 Å². The van der Waals surface area contributed by atoms with E-state index in [1.807, 2.05) is 0 Å². The molecule has 0 heterocycles. The van der Waals surface area contributed by atoms with Crippen molar-refractivity contribution in [2.45, 2.75) is 257 Å². The monoisotopic (exact) mass is 1180 g/mol. The van der Waals surface area contributed by atoms with E-state index in [-0.39, 0.29) is 0 Å².